The van der Waals surface area contributed by atoms with E-state index in [0.717, 1.165) is 53.8 Å². The number of aromatic nitrogens is 2. The highest BCUT2D eigenvalue weighted by Crippen LogP contribution is 2.33. The van der Waals surface area contributed by atoms with Gasteiger partial charge in [0.1, 0.15) is 5.03 Å². The molecular formula is C22H16Cl2N2S2. The summed E-state index contributed by atoms with van der Waals surface area (Å²) < 4.78 is 0. The minimum atomic E-state index is 0.729. The van der Waals surface area contributed by atoms with E-state index in [1.165, 1.54) is 0 Å². The van der Waals surface area contributed by atoms with E-state index >= 15 is 0 Å². The molecule has 0 amide bonds. The van der Waals surface area contributed by atoms with Crippen molar-refractivity contribution in [3.63, 3.8) is 0 Å². The molecule has 1 heterocycles. The van der Waals surface area contributed by atoms with E-state index in [1.807, 2.05) is 66.7 Å². The van der Waals surface area contributed by atoms with Crippen LogP contribution in [0.5, 0.6) is 0 Å². The molecule has 0 aliphatic carbocycles. The van der Waals surface area contributed by atoms with E-state index in [-0.39, 0.29) is 0 Å². The molecule has 3 aromatic carbocycles. The summed E-state index contributed by atoms with van der Waals surface area (Å²) in [6, 6.07) is 23.9. The van der Waals surface area contributed by atoms with Gasteiger partial charge in [0, 0.05) is 26.9 Å². The Labute approximate surface area is 182 Å². The topological polar surface area (TPSA) is 25.8 Å². The zero-order valence-electron chi connectivity index (χ0n) is 14.8. The minimum Gasteiger partial charge on any atom is -0.222 e. The van der Waals surface area contributed by atoms with Crippen molar-refractivity contribution in [2.24, 2.45) is 0 Å². The Kier molecular flexibility index (Phi) is 6.43. The van der Waals surface area contributed by atoms with Crippen LogP contribution >= 0.6 is 46.7 Å². The molecule has 0 fully saturated rings. The molecule has 28 heavy (non-hydrogen) atoms. The number of rotatable bonds is 6. The van der Waals surface area contributed by atoms with Crippen LogP contribution in [0, 0.1) is 0 Å². The number of fused-ring (bicyclic) bond motifs is 1. The Morgan fingerprint density at radius 3 is 1.89 bits per heavy atom. The summed E-state index contributed by atoms with van der Waals surface area (Å²) in [5, 5.41) is 4.32. The fourth-order valence-corrected chi connectivity index (χ4v) is 5.22. The van der Waals surface area contributed by atoms with Crippen molar-refractivity contribution < 1.29 is 0 Å². The lowest BCUT2D eigenvalue weighted by Gasteiger charge is -2.09. The maximum Gasteiger partial charge on any atom is 0.189 e. The summed E-state index contributed by atoms with van der Waals surface area (Å²) in [5.74, 6) is 1.49. The van der Waals surface area contributed by atoms with Gasteiger partial charge < -0.3 is 0 Å². The number of hydrogen-bond donors (Lipinski definition) is 0. The van der Waals surface area contributed by atoms with Crippen molar-refractivity contribution >= 4 is 57.6 Å². The molecule has 0 aliphatic rings. The molecular weight excluding hydrogens is 427 g/mol. The molecule has 0 atom stereocenters. The van der Waals surface area contributed by atoms with Crippen LogP contribution in [0.4, 0.5) is 0 Å². The van der Waals surface area contributed by atoms with Crippen molar-refractivity contribution in [2.75, 3.05) is 0 Å². The first-order chi connectivity index (χ1) is 13.7. The monoisotopic (exact) mass is 442 g/mol. The Balaban J connectivity index is 1.60. The lowest BCUT2D eigenvalue weighted by molar-refractivity contribution is 0.930. The standard InChI is InChI=1S/C22H16Cl2N2S2/c23-18-10-4-1-7-15(18)13-27-21-17-9-3-6-12-20(17)25-22(26-21)28-14-16-8-2-5-11-19(16)24/h1-12H,13-14H2. The predicted molar refractivity (Wildman–Crippen MR) is 122 cm³/mol. The van der Waals surface area contributed by atoms with Crippen molar-refractivity contribution in [3.8, 4) is 0 Å². The van der Waals surface area contributed by atoms with Crippen LogP contribution in [0.2, 0.25) is 10.0 Å². The Morgan fingerprint density at radius 2 is 1.21 bits per heavy atom. The first kappa shape index (κ1) is 19.6. The van der Waals surface area contributed by atoms with E-state index in [0.29, 0.717) is 0 Å². The van der Waals surface area contributed by atoms with E-state index in [2.05, 4.69) is 6.07 Å². The van der Waals surface area contributed by atoms with Crippen LogP contribution in [0.15, 0.2) is 83.0 Å². The van der Waals surface area contributed by atoms with Crippen LogP contribution in [-0.4, -0.2) is 9.97 Å². The van der Waals surface area contributed by atoms with Gasteiger partial charge in [-0.1, -0.05) is 89.6 Å². The summed E-state index contributed by atoms with van der Waals surface area (Å²) in [7, 11) is 0. The third-order valence-electron chi connectivity index (χ3n) is 4.18. The molecule has 6 heteroatoms. The van der Waals surface area contributed by atoms with Gasteiger partial charge in [-0.3, -0.25) is 0 Å². The molecule has 2 nitrogen and oxygen atoms in total. The average Bonchev–Trinajstić information content (AvgIpc) is 2.72. The first-order valence-electron chi connectivity index (χ1n) is 8.70. The van der Waals surface area contributed by atoms with Crippen LogP contribution in [0.25, 0.3) is 10.9 Å². The van der Waals surface area contributed by atoms with Gasteiger partial charge in [-0.15, -0.1) is 11.8 Å². The van der Waals surface area contributed by atoms with Crippen molar-refractivity contribution in [1.82, 2.24) is 9.97 Å². The minimum absolute atomic E-state index is 0.729. The molecule has 0 radical (unpaired) electrons. The molecule has 0 unspecified atom stereocenters. The summed E-state index contributed by atoms with van der Waals surface area (Å²) in [4.78, 5) is 9.54. The van der Waals surface area contributed by atoms with Gasteiger partial charge >= 0.3 is 0 Å². The van der Waals surface area contributed by atoms with Gasteiger partial charge in [0.05, 0.1) is 5.52 Å². The molecule has 0 saturated heterocycles. The van der Waals surface area contributed by atoms with Gasteiger partial charge in [-0.05, 0) is 29.3 Å². The predicted octanol–water partition coefficient (Wildman–Crippen LogP) is 7.52. The second-order valence-electron chi connectivity index (χ2n) is 6.09. The SMILES string of the molecule is Clc1ccccc1CSc1nc(SCc2ccccc2Cl)c2ccccc2n1. The highest BCUT2D eigenvalue weighted by molar-refractivity contribution is 7.99. The van der Waals surface area contributed by atoms with E-state index in [4.69, 9.17) is 33.2 Å². The Hall–Kier alpha value is -1.72. The van der Waals surface area contributed by atoms with Crippen molar-refractivity contribution in [1.29, 1.82) is 0 Å². The first-order valence-corrected chi connectivity index (χ1v) is 11.4. The van der Waals surface area contributed by atoms with Crippen molar-refractivity contribution in [3.05, 3.63) is 94.0 Å². The number of para-hydroxylation sites is 1. The van der Waals surface area contributed by atoms with Crippen LogP contribution < -0.4 is 0 Å². The fourth-order valence-electron chi connectivity index (χ4n) is 2.72. The molecule has 4 aromatic rings. The quantitative estimate of drug-likeness (QED) is 0.175. The molecule has 0 saturated carbocycles. The van der Waals surface area contributed by atoms with Gasteiger partial charge in [0.15, 0.2) is 5.16 Å². The second-order valence-corrected chi connectivity index (χ2v) is 8.81. The third kappa shape index (κ3) is 4.64. The molecule has 0 spiro atoms. The molecule has 0 bridgehead atoms. The van der Waals surface area contributed by atoms with E-state index < -0.39 is 0 Å². The highest BCUT2D eigenvalue weighted by Gasteiger charge is 2.11. The average molecular weight is 443 g/mol. The zero-order valence-corrected chi connectivity index (χ0v) is 18.0. The normalized spacial score (nSPS) is 11.1. The second kappa shape index (κ2) is 9.19. The number of halogens is 2. The summed E-state index contributed by atoms with van der Waals surface area (Å²) in [6.45, 7) is 0. The van der Waals surface area contributed by atoms with Gasteiger partial charge in [-0.2, -0.15) is 0 Å². The van der Waals surface area contributed by atoms with E-state index in [1.54, 1.807) is 23.5 Å². The van der Waals surface area contributed by atoms with Crippen LogP contribution in [0.1, 0.15) is 11.1 Å². The number of thioether (sulfide) groups is 2. The fraction of sp³-hybridized carbons (Fsp3) is 0.0909. The smallest absolute Gasteiger partial charge is 0.189 e. The number of nitrogens with zero attached hydrogens (tertiary/aromatic N) is 2. The summed E-state index contributed by atoms with van der Waals surface area (Å²) in [6.07, 6.45) is 0. The third-order valence-corrected chi connectivity index (χ3v) is 6.86. The Morgan fingerprint density at radius 1 is 0.643 bits per heavy atom. The zero-order chi connectivity index (χ0) is 19.3. The molecule has 140 valence electrons. The maximum absolute atomic E-state index is 6.31. The molecule has 0 N–H and O–H groups in total. The van der Waals surface area contributed by atoms with E-state index in [9.17, 15) is 0 Å². The van der Waals surface area contributed by atoms with Gasteiger partial charge in [0.2, 0.25) is 0 Å². The van der Waals surface area contributed by atoms with Gasteiger partial charge in [0.25, 0.3) is 0 Å². The molecule has 4 rings (SSSR count). The number of benzene rings is 3. The lowest BCUT2D eigenvalue weighted by Crippen LogP contribution is -1.94. The molecule has 0 aliphatic heterocycles. The van der Waals surface area contributed by atoms with Gasteiger partial charge in [-0.25, -0.2) is 9.97 Å². The highest BCUT2D eigenvalue weighted by atomic mass is 35.5. The largest absolute Gasteiger partial charge is 0.222 e. The maximum atomic E-state index is 6.31. The van der Waals surface area contributed by atoms with Crippen LogP contribution in [0.3, 0.4) is 0 Å². The summed E-state index contributed by atoms with van der Waals surface area (Å²) in [5.41, 5.74) is 3.12. The lowest BCUT2D eigenvalue weighted by atomic mass is 10.2. The molecule has 1 aromatic heterocycles. The van der Waals surface area contributed by atoms with Crippen molar-refractivity contribution in [2.45, 2.75) is 21.7 Å². The Bertz CT molecular complexity index is 1120. The van der Waals surface area contributed by atoms with Crippen LogP contribution in [-0.2, 0) is 11.5 Å². The number of hydrogen-bond acceptors (Lipinski definition) is 4. The summed E-state index contributed by atoms with van der Waals surface area (Å²) >= 11 is 15.9.